The number of halogens is 2. The number of carboxylic acid groups (broad SMARTS) is 1. The number of carboxylic acids is 1. The number of hydrogen-bond donors (Lipinski definition) is 1. The quantitative estimate of drug-likeness (QED) is 0.847. The third kappa shape index (κ3) is 2.12. The van der Waals surface area contributed by atoms with Crippen LogP contribution in [0.15, 0.2) is 6.07 Å². The lowest BCUT2D eigenvalue weighted by atomic mass is 9.94. The van der Waals surface area contributed by atoms with E-state index in [2.05, 4.69) is 0 Å². The zero-order valence-electron chi connectivity index (χ0n) is 8.77. The molecule has 2 nitrogen and oxygen atoms in total. The smallest absolute Gasteiger partial charge is 0.310 e. The van der Waals surface area contributed by atoms with Crippen molar-refractivity contribution >= 4 is 17.6 Å². The Morgan fingerprint density at radius 2 is 2.07 bits per heavy atom. The number of rotatable bonds is 2. The summed E-state index contributed by atoms with van der Waals surface area (Å²) in [5.74, 6) is -2.23. The lowest BCUT2D eigenvalue weighted by Gasteiger charge is -2.13. The summed E-state index contributed by atoms with van der Waals surface area (Å²) in [6.07, 6.45) is 0. The third-order valence-corrected chi connectivity index (χ3v) is 2.97. The summed E-state index contributed by atoms with van der Waals surface area (Å²) in [5, 5.41) is 8.92. The molecule has 1 rings (SSSR count). The lowest BCUT2D eigenvalue weighted by molar-refractivity contribution is -0.138. The van der Waals surface area contributed by atoms with Gasteiger partial charge >= 0.3 is 5.97 Å². The highest BCUT2D eigenvalue weighted by Gasteiger charge is 2.20. The monoisotopic (exact) mass is 230 g/mol. The van der Waals surface area contributed by atoms with Gasteiger partial charge in [-0.25, -0.2) is 4.39 Å². The molecule has 0 aliphatic rings. The Morgan fingerprint density at radius 3 is 2.53 bits per heavy atom. The maximum atomic E-state index is 13.6. The topological polar surface area (TPSA) is 37.3 Å². The van der Waals surface area contributed by atoms with E-state index in [9.17, 15) is 9.18 Å². The van der Waals surface area contributed by atoms with Gasteiger partial charge < -0.3 is 5.11 Å². The van der Waals surface area contributed by atoms with Gasteiger partial charge in [0.1, 0.15) is 5.82 Å². The maximum absolute atomic E-state index is 13.6. The van der Waals surface area contributed by atoms with E-state index in [4.69, 9.17) is 16.7 Å². The molecule has 0 radical (unpaired) electrons. The van der Waals surface area contributed by atoms with Crippen LogP contribution in [0.4, 0.5) is 4.39 Å². The minimum atomic E-state index is -0.973. The van der Waals surface area contributed by atoms with Crippen molar-refractivity contribution in [3.05, 3.63) is 33.6 Å². The van der Waals surface area contributed by atoms with E-state index in [0.717, 1.165) is 0 Å². The molecule has 1 aromatic rings. The summed E-state index contributed by atoms with van der Waals surface area (Å²) in [4.78, 5) is 10.8. The van der Waals surface area contributed by atoms with Crippen LogP contribution in [0.2, 0.25) is 5.02 Å². The molecule has 0 saturated heterocycles. The molecule has 0 aromatic heterocycles. The minimum Gasteiger partial charge on any atom is -0.481 e. The molecule has 0 aliphatic carbocycles. The second-order valence-corrected chi connectivity index (χ2v) is 3.97. The molecule has 0 fully saturated rings. The Bertz CT molecular complexity index is 416. The van der Waals surface area contributed by atoms with Gasteiger partial charge in [-0.15, -0.1) is 0 Å². The van der Waals surface area contributed by atoms with Crippen molar-refractivity contribution in [1.82, 2.24) is 0 Å². The Morgan fingerprint density at radius 1 is 1.53 bits per heavy atom. The minimum absolute atomic E-state index is 0.0637. The van der Waals surface area contributed by atoms with E-state index >= 15 is 0 Å². The zero-order valence-corrected chi connectivity index (χ0v) is 9.52. The number of benzene rings is 1. The standard InChI is InChI=1S/C11H12ClFO2/c1-5-4-8(7(3)11(14)15)6(2)10(13)9(5)12/h4,7H,1-3H3,(H,14,15). The van der Waals surface area contributed by atoms with Gasteiger partial charge in [0.15, 0.2) is 0 Å². The molecule has 0 aliphatic heterocycles. The maximum Gasteiger partial charge on any atom is 0.310 e. The largest absolute Gasteiger partial charge is 0.481 e. The number of hydrogen-bond acceptors (Lipinski definition) is 1. The number of aliphatic carboxylic acids is 1. The van der Waals surface area contributed by atoms with Crippen molar-refractivity contribution in [1.29, 1.82) is 0 Å². The summed E-state index contributed by atoms with van der Waals surface area (Å²) in [5.41, 5.74) is 1.34. The van der Waals surface area contributed by atoms with Crippen LogP contribution in [-0.4, -0.2) is 11.1 Å². The summed E-state index contributed by atoms with van der Waals surface area (Å²) < 4.78 is 13.6. The van der Waals surface area contributed by atoms with E-state index in [-0.39, 0.29) is 5.02 Å². The predicted molar refractivity (Wildman–Crippen MR) is 56.9 cm³/mol. The lowest BCUT2D eigenvalue weighted by Crippen LogP contribution is -2.10. The molecule has 4 heteroatoms. The fourth-order valence-electron chi connectivity index (χ4n) is 1.45. The van der Waals surface area contributed by atoms with Gasteiger partial charge in [-0.1, -0.05) is 17.7 Å². The van der Waals surface area contributed by atoms with Crippen molar-refractivity contribution in [3.8, 4) is 0 Å². The van der Waals surface area contributed by atoms with Crippen LogP contribution in [0, 0.1) is 19.7 Å². The van der Waals surface area contributed by atoms with Gasteiger partial charge in [-0.3, -0.25) is 4.79 Å². The Kier molecular flexibility index (Phi) is 3.35. The fourth-order valence-corrected chi connectivity index (χ4v) is 1.65. The highest BCUT2D eigenvalue weighted by molar-refractivity contribution is 6.31. The van der Waals surface area contributed by atoms with Gasteiger partial charge in [0.05, 0.1) is 10.9 Å². The molecule has 0 heterocycles. The summed E-state index contributed by atoms with van der Waals surface area (Å²) >= 11 is 5.72. The molecule has 1 unspecified atom stereocenters. The molecular formula is C11H12ClFO2. The van der Waals surface area contributed by atoms with Crippen molar-refractivity contribution in [2.75, 3.05) is 0 Å². The van der Waals surface area contributed by atoms with E-state index in [1.807, 2.05) is 0 Å². The van der Waals surface area contributed by atoms with Gasteiger partial charge in [-0.05, 0) is 37.5 Å². The summed E-state index contributed by atoms with van der Waals surface area (Å²) in [7, 11) is 0. The van der Waals surface area contributed by atoms with E-state index in [1.54, 1.807) is 13.0 Å². The van der Waals surface area contributed by atoms with Crippen LogP contribution in [0.3, 0.4) is 0 Å². The fraction of sp³-hybridized carbons (Fsp3) is 0.364. The zero-order chi connectivity index (χ0) is 11.7. The molecule has 1 atom stereocenters. The SMILES string of the molecule is Cc1cc(C(C)C(=O)O)c(C)c(F)c1Cl. The van der Waals surface area contributed by atoms with Gasteiger partial charge in [0.2, 0.25) is 0 Å². The molecule has 0 spiro atoms. The first-order valence-electron chi connectivity index (χ1n) is 4.54. The average molecular weight is 231 g/mol. The summed E-state index contributed by atoms with van der Waals surface area (Å²) in [6, 6.07) is 1.62. The first kappa shape index (κ1) is 12.0. The van der Waals surface area contributed by atoms with Gasteiger partial charge in [0, 0.05) is 0 Å². The second-order valence-electron chi connectivity index (χ2n) is 3.60. The van der Waals surface area contributed by atoms with Crippen LogP contribution in [-0.2, 0) is 4.79 Å². The number of aryl methyl sites for hydroxylation is 1. The van der Waals surface area contributed by atoms with Gasteiger partial charge in [0.25, 0.3) is 0 Å². The Labute approximate surface area is 92.7 Å². The first-order valence-corrected chi connectivity index (χ1v) is 4.92. The van der Waals surface area contributed by atoms with Crippen LogP contribution >= 0.6 is 11.6 Å². The van der Waals surface area contributed by atoms with E-state index < -0.39 is 17.7 Å². The molecule has 0 saturated carbocycles. The van der Waals surface area contributed by atoms with Crippen molar-refractivity contribution in [3.63, 3.8) is 0 Å². The molecule has 1 N–H and O–H groups in total. The highest BCUT2D eigenvalue weighted by Crippen LogP contribution is 2.29. The molecule has 0 bridgehead atoms. The van der Waals surface area contributed by atoms with E-state index in [1.165, 1.54) is 13.8 Å². The Balaban J connectivity index is 3.38. The predicted octanol–water partition coefficient (Wildman–Crippen LogP) is 3.28. The van der Waals surface area contributed by atoms with Gasteiger partial charge in [-0.2, -0.15) is 0 Å². The molecule has 82 valence electrons. The third-order valence-electron chi connectivity index (χ3n) is 2.51. The number of carbonyl (C=O) groups is 1. The van der Waals surface area contributed by atoms with E-state index in [0.29, 0.717) is 16.7 Å². The van der Waals surface area contributed by atoms with Crippen molar-refractivity contribution in [2.45, 2.75) is 26.7 Å². The molecule has 1 aromatic carbocycles. The normalized spacial score (nSPS) is 12.6. The van der Waals surface area contributed by atoms with Crippen molar-refractivity contribution in [2.24, 2.45) is 0 Å². The first-order chi connectivity index (χ1) is 6.86. The Hall–Kier alpha value is -1.09. The van der Waals surface area contributed by atoms with Crippen LogP contribution in [0.1, 0.15) is 29.5 Å². The van der Waals surface area contributed by atoms with Crippen molar-refractivity contribution < 1.29 is 14.3 Å². The van der Waals surface area contributed by atoms with Crippen LogP contribution in [0.25, 0.3) is 0 Å². The summed E-state index contributed by atoms with van der Waals surface area (Å²) in [6.45, 7) is 4.72. The highest BCUT2D eigenvalue weighted by atomic mass is 35.5. The van der Waals surface area contributed by atoms with Crippen LogP contribution < -0.4 is 0 Å². The average Bonchev–Trinajstić information content (AvgIpc) is 2.19. The van der Waals surface area contributed by atoms with Crippen LogP contribution in [0.5, 0.6) is 0 Å². The second kappa shape index (κ2) is 4.19. The molecule has 15 heavy (non-hydrogen) atoms. The molecule has 0 amide bonds. The molecular weight excluding hydrogens is 219 g/mol.